The van der Waals surface area contributed by atoms with Crippen LogP contribution in [0.2, 0.25) is 0 Å². The lowest BCUT2D eigenvalue weighted by atomic mass is 10.2. The number of thioether (sulfide) groups is 1. The largest absolute Gasteiger partial charge is 0.497 e. The molecule has 2 aromatic rings. The fourth-order valence-corrected chi connectivity index (χ4v) is 3.30. The Morgan fingerprint density at radius 1 is 1.20 bits per heavy atom. The van der Waals surface area contributed by atoms with E-state index < -0.39 is 0 Å². The predicted molar refractivity (Wildman–Crippen MR) is 96.8 cm³/mol. The molecule has 8 nitrogen and oxygen atoms in total. The molecule has 1 saturated heterocycles. The van der Waals surface area contributed by atoms with Crippen molar-refractivity contribution in [1.82, 2.24) is 19.9 Å². The molecule has 0 aliphatic carbocycles. The molecule has 1 aromatic carbocycles. The molecule has 1 aliphatic heterocycles. The minimum absolute atomic E-state index is 0.0818. The molecule has 0 saturated carbocycles. The minimum Gasteiger partial charge on any atom is -0.497 e. The zero-order valence-electron chi connectivity index (χ0n) is 14.0. The maximum atomic E-state index is 12.4. The number of benzene rings is 1. The van der Waals surface area contributed by atoms with Crippen molar-refractivity contribution in [2.24, 2.45) is 0 Å². The number of hydrogen-bond acceptors (Lipinski definition) is 8. The van der Waals surface area contributed by atoms with Crippen LogP contribution >= 0.6 is 11.8 Å². The van der Waals surface area contributed by atoms with Gasteiger partial charge in [-0.2, -0.15) is 4.98 Å². The van der Waals surface area contributed by atoms with E-state index in [2.05, 4.69) is 19.9 Å². The number of carbonyl (C=O) groups is 1. The van der Waals surface area contributed by atoms with Gasteiger partial charge in [-0.05, 0) is 24.3 Å². The van der Waals surface area contributed by atoms with Crippen molar-refractivity contribution >= 4 is 29.3 Å². The highest BCUT2D eigenvalue weighted by molar-refractivity contribution is 7.99. The summed E-state index contributed by atoms with van der Waals surface area (Å²) in [5, 5.41) is 0.470. The van der Waals surface area contributed by atoms with Gasteiger partial charge in [-0.25, -0.2) is 9.97 Å². The van der Waals surface area contributed by atoms with E-state index in [1.807, 2.05) is 29.2 Å². The first-order valence-electron chi connectivity index (χ1n) is 7.90. The molecule has 132 valence electrons. The van der Waals surface area contributed by atoms with Crippen LogP contribution in [0.5, 0.6) is 5.75 Å². The second-order valence-corrected chi connectivity index (χ2v) is 6.42. The van der Waals surface area contributed by atoms with E-state index in [1.165, 1.54) is 18.1 Å². The summed E-state index contributed by atoms with van der Waals surface area (Å²) in [7, 11) is 1.66. The number of piperazine rings is 1. The topological polar surface area (TPSA) is 97.5 Å². The fraction of sp³-hybridized carbons (Fsp3) is 0.375. The van der Waals surface area contributed by atoms with Gasteiger partial charge >= 0.3 is 0 Å². The van der Waals surface area contributed by atoms with E-state index >= 15 is 0 Å². The lowest BCUT2D eigenvalue weighted by Crippen LogP contribution is -2.49. The van der Waals surface area contributed by atoms with Gasteiger partial charge in [-0.15, -0.1) is 0 Å². The summed E-state index contributed by atoms with van der Waals surface area (Å²) < 4.78 is 5.18. The highest BCUT2D eigenvalue weighted by atomic mass is 32.2. The van der Waals surface area contributed by atoms with Crippen molar-refractivity contribution in [1.29, 1.82) is 0 Å². The zero-order chi connectivity index (χ0) is 17.6. The molecule has 9 heteroatoms. The first-order chi connectivity index (χ1) is 12.2. The van der Waals surface area contributed by atoms with E-state index in [4.69, 9.17) is 10.5 Å². The highest BCUT2D eigenvalue weighted by Crippen LogP contribution is 2.21. The number of rotatable bonds is 5. The number of aromatic nitrogens is 3. The summed E-state index contributed by atoms with van der Waals surface area (Å²) in [6.07, 6.45) is 1.35. The second-order valence-electron chi connectivity index (χ2n) is 5.48. The van der Waals surface area contributed by atoms with Crippen molar-refractivity contribution < 1.29 is 9.53 Å². The lowest BCUT2D eigenvalue weighted by molar-refractivity contribution is -0.128. The number of carbonyl (C=O) groups excluding carboxylic acids is 1. The van der Waals surface area contributed by atoms with Crippen molar-refractivity contribution in [3.8, 4) is 5.75 Å². The SMILES string of the molecule is COc1ccc(N2CCN(C(=O)CSc3ncnc(N)n3)CC2)cc1. The molecule has 0 spiro atoms. The van der Waals surface area contributed by atoms with Crippen LogP contribution < -0.4 is 15.4 Å². The van der Waals surface area contributed by atoms with Crippen molar-refractivity contribution in [3.05, 3.63) is 30.6 Å². The van der Waals surface area contributed by atoms with Crippen LogP contribution in [-0.2, 0) is 4.79 Å². The van der Waals surface area contributed by atoms with Crippen LogP contribution in [0.1, 0.15) is 0 Å². The number of anilines is 2. The predicted octanol–water partition coefficient (Wildman–Crippen LogP) is 0.903. The molecule has 2 N–H and O–H groups in total. The van der Waals surface area contributed by atoms with Crippen molar-refractivity contribution in [2.75, 3.05) is 49.7 Å². The van der Waals surface area contributed by atoms with Gasteiger partial charge in [0.25, 0.3) is 0 Å². The fourth-order valence-electron chi connectivity index (χ4n) is 2.59. The standard InChI is InChI=1S/C16H20N6O2S/c1-24-13-4-2-12(3-5-13)21-6-8-22(9-7-21)14(23)10-25-16-19-11-18-15(17)20-16/h2-5,11H,6-10H2,1H3,(H2,17,18,19,20). The van der Waals surface area contributed by atoms with Crippen LogP contribution in [0.25, 0.3) is 0 Å². The number of ether oxygens (including phenoxy) is 1. The van der Waals surface area contributed by atoms with Crippen LogP contribution in [0.3, 0.4) is 0 Å². The summed E-state index contributed by atoms with van der Waals surface area (Å²) in [6.45, 7) is 3.01. The van der Waals surface area contributed by atoms with Gasteiger partial charge in [0.1, 0.15) is 12.1 Å². The Balaban J connectivity index is 1.48. The van der Waals surface area contributed by atoms with Crippen LogP contribution in [0, 0.1) is 0 Å². The Hall–Kier alpha value is -2.55. The Kier molecular flexibility index (Phi) is 5.54. The van der Waals surface area contributed by atoms with Crippen LogP contribution in [-0.4, -0.2) is 64.8 Å². The lowest BCUT2D eigenvalue weighted by Gasteiger charge is -2.36. The third-order valence-corrected chi connectivity index (χ3v) is 4.81. The monoisotopic (exact) mass is 360 g/mol. The third-order valence-electron chi connectivity index (χ3n) is 3.96. The summed E-state index contributed by atoms with van der Waals surface area (Å²) in [5.74, 6) is 1.39. The summed E-state index contributed by atoms with van der Waals surface area (Å²) in [4.78, 5) is 28.2. The molecule has 0 unspecified atom stereocenters. The number of methoxy groups -OCH3 is 1. The molecule has 2 heterocycles. The Labute approximate surface area is 150 Å². The number of nitrogens with zero attached hydrogens (tertiary/aromatic N) is 5. The number of nitrogen functional groups attached to an aromatic ring is 1. The molecular formula is C16H20N6O2S. The molecule has 0 atom stereocenters. The van der Waals surface area contributed by atoms with Crippen molar-refractivity contribution in [2.45, 2.75) is 5.16 Å². The summed E-state index contributed by atoms with van der Waals surface area (Å²) in [6, 6.07) is 7.97. The molecular weight excluding hydrogens is 340 g/mol. The van der Waals surface area contributed by atoms with E-state index in [0.717, 1.165) is 24.5 Å². The van der Waals surface area contributed by atoms with Gasteiger partial charge in [0.15, 0.2) is 5.16 Å². The van der Waals surface area contributed by atoms with Crippen LogP contribution in [0.15, 0.2) is 35.7 Å². The molecule has 1 fully saturated rings. The minimum atomic E-state index is 0.0818. The third kappa shape index (κ3) is 4.50. The smallest absolute Gasteiger partial charge is 0.233 e. The first kappa shape index (κ1) is 17.3. The first-order valence-corrected chi connectivity index (χ1v) is 8.88. The maximum Gasteiger partial charge on any atom is 0.233 e. The molecule has 1 aliphatic rings. The van der Waals surface area contributed by atoms with Gasteiger partial charge in [-0.3, -0.25) is 4.79 Å². The van der Waals surface area contributed by atoms with E-state index in [9.17, 15) is 4.79 Å². The van der Waals surface area contributed by atoms with E-state index in [-0.39, 0.29) is 11.9 Å². The zero-order valence-corrected chi connectivity index (χ0v) is 14.8. The van der Waals surface area contributed by atoms with Crippen molar-refractivity contribution in [3.63, 3.8) is 0 Å². The van der Waals surface area contributed by atoms with Gasteiger partial charge in [0.05, 0.1) is 12.9 Å². The Morgan fingerprint density at radius 3 is 2.56 bits per heavy atom. The van der Waals surface area contributed by atoms with Gasteiger partial charge in [0.2, 0.25) is 11.9 Å². The molecule has 0 bridgehead atoms. The molecule has 1 aromatic heterocycles. The quantitative estimate of drug-likeness (QED) is 0.786. The average molecular weight is 360 g/mol. The highest BCUT2D eigenvalue weighted by Gasteiger charge is 2.21. The van der Waals surface area contributed by atoms with Gasteiger partial charge < -0.3 is 20.3 Å². The molecule has 3 rings (SSSR count). The maximum absolute atomic E-state index is 12.4. The Bertz CT molecular complexity index is 719. The summed E-state index contributed by atoms with van der Waals surface area (Å²) >= 11 is 1.28. The van der Waals surface area contributed by atoms with Gasteiger partial charge in [-0.1, -0.05) is 11.8 Å². The molecule has 1 amide bonds. The Morgan fingerprint density at radius 2 is 1.92 bits per heavy atom. The summed E-state index contributed by atoms with van der Waals surface area (Å²) in [5.41, 5.74) is 6.65. The number of hydrogen-bond donors (Lipinski definition) is 1. The normalized spacial score (nSPS) is 14.4. The number of nitrogens with two attached hydrogens (primary N) is 1. The second kappa shape index (κ2) is 8.02. The molecule has 0 radical (unpaired) electrons. The molecule has 25 heavy (non-hydrogen) atoms. The van der Waals surface area contributed by atoms with Crippen LogP contribution in [0.4, 0.5) is 11.6 Å². The number of amides is 1. The average Bonchev–Trinajstić information content (AvgIpc) is 2.66. The van der Waals surface area contributed by atoms with E-state index in [1.54, 1.807) is 7.11 Å². The van der Waals surface area contributed by atoms with Gasteiger partial charge in [0, 0.05) is 31.9 Å². The van der Waals surface area contributed by atoms with E-state index in [0.29, 0.717) is 24.0 Å².